The van der Waals surface area contributed by atoms with Gasteiger partial charge in [0.15, 0.2) is 15.0 Å². The predicted molar refractivity (Wildman–Crippen MR) is 108 cm³/mol. The minimum atomic E-state index is -3.31. The molecule has 1 aliphatic carbocycles. The lowest BCUT2D eigenvalue weighted by molar-refractivity contribution is 0.0973. The van der Waals surface area contributed by atoms with E-state index in [0.717, 1.165) is 36.8 Å². The SMILES string of the molecule is CS(=O)(=O)c1ccc(C(=O)N(c2nccs2)[C@@H]2CCCc3cccnc32)cc1. The highest BCUT2D eigenvalue weighted by atomic mass is 32.2. The van der Waals surface area contributed by atoms with Crippen molar-refractivity contribution in [2.24, 2.45) is 0 Å². The fourth-order valence-electron chi connectivity index (χ4n) is 3.52. The van der Waals surface area contributed by atoms with Gasteiger partial charge in [0.2, 0.25) is 0 Å². The van der Waals surface area contributed by atoms with Crippen molar-refractivity contribution in [2.45, 2.75) is 30.2 Å². The Morgan fingerprint density at radius 1 is 1.14 bits per heavy atom. The number of carbonyl (C=O) groups is 1. The first-order chi connectivity index (χ1) is 13.4. The van der Waals surface area contributed by atoms with E-state index in [9.17, 15) is 13.2 Å². The fourth-order valence-corrected chi connectivity index (χ4v) is 4.84. The van der Waals surface area contributed by atoms with Gasteiger partial charge in [-0.3, -0.25) is 14.7 Å². The first-order valence-corrected chi connectivity index (χ1v) is 11.7. The van der Waals surface area contributed by atoms with Crippen LogP contribution in [0.3, 0.4) is 0 Å². The number of aryl methyl sites for hydroxylation is 1. The third-order valence-electron chi connectivity index (χ3n) is 4.85. The van der Waals surface area contributed by atoms with Crippen LogP contribution in [0.2, 0.25) is 0 Å². The molecule has 0 radical (unpaired) electrons. The Hall–Kier alpha value is -2.58. The second-order valence-corrected chi connectivity index (χ2v) is 9.63. The number of thiazole rings is 1. The zero-order chi connectivity index (χ0) is 19.7. The van der Waals surface area contributed by atoms with Gasteiger partial charge in [-0.25, -0.2) is 13.4 Å². The minimum Gasteiger partial charge on any atom is -0.275 e. The summed E-state index contributed by atoms with van der Waals surface area (Å²) >= 11 is 1.40. The second kappa shape index (κ2) is 7.44. The quantitative estimate of drug-likeness (QED) is 0.652. The molecule has 0 fully saturated rings. The van der Waals surface area contributed by atoms with E-state index in [2.05, 4.69) is 16.0 Å². The number of pyridine rings is 1. The number of amides is 1. The summed E-state index contributed by atoms with van der Waals surface area (Å²) in [6.45, 7) is 0. The molecular weight excluding hydrogens is 394 g/mol. The summed E-state index contributed by atoms with van der Waals surface area (Å²) < 4.78 is 23.4. The Bertz CT molecular complexity index is 1090. The monoisotopic (exact) mass is 413 g/mol. The number of hydrogen-bond acceptors (Lipinski definition) is 6. The molecule has 144 valence electrons. The topological polar surface area (TPSA) is 80.2 Å². The molecule has 8 heteroatoms. The lowest BCUT2D eigenvalue weighted by Crippen LogP contribution is -2.37. The highest BCUT2D eigenvalue weighted by molar-refractivity contribution is 7.90. The second-order valence-electron chi connectivity index (χ2n) is 6.74. The van der Waals surface area contributed by atoms with Crippen molar-refractivity contribution in [1.82, 2.24) is 9.97 Å². The van der Waals surface area contributed by atoms with Crippen LogP contribution >= 0.6 is 11.3 Å². The number of hydrogen-bond donors (Lipinski definition) is 0. The lowest BCUT2D eigenvalue weighted by atomic mass is 9.90. The van der Waals surface area contributed by atoms with Crippen LogP contribution in [0.15, 0.2) is 59.1 Å². The Kier molecular flexibility index (Phi) is 4.99. The molecule has 0 spiro atoms. The average Bonchev–Trinajstić information content (AvgIpc) is 3.22. The maximum atomic E-state index is 13.4. The van der Waals surface area contributed by atoms with Gasteiger partial charge >= 0.3 is 0 Å². The predicted octanol–water partition coefficient (Wildman–Crippen LogP) is 3.67. The van der Waals surface area contributed by atoms with E-state index in [-0.39, 0.29) is 16.8 Å². The summed E-state index contributed by atoms with van der Waals surface area (Å²) in [7, 11) is -3.31. The number of nitrogens with zero attached hydrogens (tertiary/aromatic N) is 3. The van der Waals surface area contributed by atoms with Crippen molar-refractivity contribution in [3.63, 3.8) is 0 Å². The van der Waals surface area contributed by atoms with Crippen LogP contribution in [0, 0.1) is 0 Å². The minimum absolute atomic E-state index is 0.189. The van der Waals surface area contributed by atoms with Gasteiger partial charge in [-0.1, -0.05) is 6.07 Å². The first-order valence-electron chi connectivity index (χ1n) is 8.92. The number of anilines is 1. The Morgan fingerprint density at radius 3 is 2.61 bits per heavy atom. The molecule has 4 rings (SSSR count). The van der Waals surface area contributed by atoms with Crippen LogP contribution in [0.5, 0.6) is 0 Å². The van der Waals surface area contributed by atoms with Crippen LogP contribution in [-0.2, 0) is 16.3 Å². The molecule has 0 saturated carbocycles. The van der Waals surface area contributed by atoms with E-state index in [0.29, 0.717) is 10.7 Å². The number of fused-ring (bicyclic) bond motifs is 1. The lowest BCUT2D eigenvalue weighted by Gasteiger charge is -2.33. The molecule has 0 bridgehead atoms. The van der Waals surface area contributed by atoms with Gasteiger partial charge in [0, 0.05) is 29.6 Å². The first kappa shape index (κ1) is 18.8. The molecule has 1 aromatic carbocycles. The van der Waals surface area contributed by atoms with Crippen molar-refractivity contribution in [2.75, 3.05) is 11.2 Å². The molecule has 6 nitrogen and oxygen atoms in total. The summed E-state index contributed by atoms with van der Waals surface area (Å²) in [5.74, 6) is -0.210. The van der Waals surface area contributed by atoms with E-state index in [1.807, 2.05) is 11.4 Å². The standard InChI is InChI=1S/C20H19N3O3S2/c1-28(25,26)16-9-7-15(8-10-16)19(24)23(20-22-12-13-27-20)17-6-2-4-14-5-3-11-21-18(14)17/h3,5,7-13,17H,2,4,6H2,1H3/t17-/m1/s1. The number of aromatic nitrogens is 2. The summed E-state index contributed by atoms with van der Waals surface area (Å²) in [6.07, 6.45) is 7.29. The van der Waals surface area contributed by atoms with Crippen molar-refractivity contribution in [3.05, 3.63) is 71.0 Å². The molecule has 1 amide bonds. The van der Waals surface area contributed by atoms with Crippen LogP contribution in [0.4, 0.5) is 5.13 Å². The normalized spacial score (nSPS) is 16.4. The molecule has 3 aromatic rings. The summed E-state index contributed by atoms with van der Waals surface area (Å²) in [4.78, 5) is 24.2. The van der Waals surface area contributed by atoms with Gasteiger partial charge in [-0.05, 0) is 55.2 Å². The van der Waals surface area contributed by atoms with Crippen molar-refractivity contribution >= 4 is 32.2 Å². The van der Waals surface area contributed by atoms with E-state index in [1.165, 1.54) is 23.5 Å². The highest BCUT2D eigenvalue weighted by Gasteiger charge is 2.33. The van der Waals surface area contributed by atoms with Crippen molar-refractivity contribution in [3.8, 4) is 0 Å². The van der Waals surface area contributed by atoms with E-state index >= 15 is 0 Å². The number of sulfone groups is 1. The van der Waals surface area contributed by atoms with E-state index in [4.69, 9.17) is 0 Å². The zero-order valence-corrected chi connectivity index (χ0v) is 16.9. The molecule has 1 aliphatic rings. The molecule has 2 heterocycles. The molecular formula is C20H19N3O3S2. The van der Waals surface area contributed by atoms with Gasteiger partial charge in [-0.15, -0.1) is 11.3 Å². The molecule has 28 heavy (non-hydrogen) atoms. The average molecular weight is 414 g/mol. The maximum Gasteiger partial charge on any atom is 0.260 e. The Labute approximate surface area is 167 Å². The Balaban J connectivity index is 1.75. The molecule has 2 aromatic heterocycles. The molecule has 0 saturated heterocycles. The van der Waals surface area contributed by atoms with Crippen LogP contribution in [0.1, 0.15) is 40.5 Å². The number of benzene rings is 1. The third kappa shape index (κ3) is 3.57. The molecule has 0 N–H and O–H groups in total. The van der Waals surface area contributed by atoms with Crippen LogP contribution in [-0.4, -0.2) is 30.5 Å². The van der Waals surface area contributed by atoms with Crippen molar-refractivity contribution < 1.29 is 13.2 Å². The number of carbonyl (C=O) groups excluding carboxylic acids is 1. The van der Waals surface area contributed by atoms with E-state index in [1.54, 1.807) is 29.4 Å². The Morgan fingerprint density at radius 2 is 1.93 bits per heavy atom. The summed E-state index contributed by atoms with van der Waals surface area (Å²) in [5, 5.41) is 2.45. The molecule has 0 aliphatic heterocycles. The fraction of sp³-hybridized carbons (Fsp3) is 0.250. The zero-order valence-electron chi connectivity index (χ0n) is 15.3. The maximum absolute atomic E-state index is 13.4. The summed E-state index contributed by atoms with van der Waals surface area (Å²) in [6, 6.07) is 9.83. The third-order valence-corrected chi connectivity index (χ3v) is 6.75. The smallest absolute Gasteiger partial charge is 0.260 e. The van der Waals surface area contributed by atoms with Crippen LogP contribution in [0.25, 0.3) is 0 Å². The van der Waals surface area contributed by atoms with Gasteiger partial charge in [0.25, 0.3) is 5.91 Å². The molecule has 1 atom stereocenters. The highest BCUT2D eigenvalue weighted by Crippen LogP contribution is 2.37. The van der Waals surface area contributed by atoms with Crippen LogP contribution < -0.4 is 4.90 Å². The number of rotatable bonds is 4. The largest absolute Gasteiger partial charge is 0.275 e. The summed E-state index contributed by atoms with van der Waals surface area (Å²) in [5.41, 5.74) is 2.48. The molecule has 0 unspecified atom stereocenters. The van der Waals surface area contributed by atoms with E-state index < -0.39 is 9.84 Å². The van der Waals surface area contributed by atoms with Gasteiger partial charge in [0.05, 0.1) is 16.6 Å². The van der Waals surface area contributed by atoms with Crippen molar-refractivity contribution in [1.29, 1.82) is 0 Å². The van der Waals surface area contributed by atoms with Gasteiger partial charge in [-0.2, -0.15) is 0 Å². The van der Waals surface area contributed by atoms with Gasteiger partial charge < -0.3 is 0 Å². The van der Waals surface area contributed by atoms with Gasteiger partial charge in [0.1, 0.15) is 0 Å².